The molecule has 82 valence electrons. The smallest absolute Gasteiger partial charge is 0.303 e. The second kappa shape index (κ2) is 4.85. The van der Waals surface area contributed by atoms with Crippen molar-refractivity contribution in [1.82, 2.24) is 9.97 Å². The molecule has 0 saturated heterocycles. The number of aryl methyl sites for hydroxylation is 1. The molecule has 0 aromatic carbocycles. The van der Waals surface area contributed by atoms with Crippen LogP contribution in [0.3, 0.4) is 0 Å². The minimum Gasteiger partial charge on any atom is -0.481 e. The first-order chi connectivity index (χ1) is 7.75. The van der Waals surface area contributed by atoms with Crippen molar-refractivity contribution in [3.8, 4) is 10.7 Å². The summed E-state index contributed by atoms with van der Waals surface area (Å²) in [6.45, 7) is 0. The molecule has 0 spiro atoms. The van der Waals surface area contributed by atoms with Gasteiger partial charge in [-0.25, -0.2) is 4.98 Å². The SMILES string of the molecule is O=C(O)CCc1cnc(-c2ccccn2)s1. The Morgan fingerprint density at radius 3 is 2.94 bits per heavy atom. The molecule has 0 aliphatic carbocycles. The Kier molecular flexibility index (Phi) is 3.26. The van der Waals surface area contributed by atoms with E-state index in [1.54, 1.807) is 12.4 Å². The number of hydrogen-bond acceptors (Lipinski definition) is 4. The van der Waals surface area contributed by atoms with Crippen LogP contribution in [-0.4, -0.2) is 21.0 Å². The number of carboxylic acid groups (broad SMARTS) is 1. The largest absolute Gasteiger partial charge is 0.481 e. The van der Waals surface area contributed by atoms with Crippen molar-refractivity contribution in [2.24, 2.45) is 0 Å². The average molecular weight is 234 g/mol. The molecule has 0 fully saturated rings. The third-order valence-corrected chi connectivity index (χ3v) is 3.10. The van der Waals surface area contributed by atoms with E-state index >= 15 is 0 Å². The van der Waals surface area contributed by atoms with Crippen molar-refractivity contribution in [2.75, 3.05) is 0 Å². The van der Waals surface area contributed by atoms with Crippen molar-refractivity contribution in [1.29, 1.82) is 0 Å². The summed E-state index contributed by atoms with van der Waals surface area (Å²) >= 11 is 1.49. The van der Waals surface area contributed by atoms with Gasteiger partial charge in [-0.15, -0.1) is 11.3 Å². The Morgan fingerprint density at radius 2 is 2.25 bits per heavy atom. The van der Waals surface area contributed by atoms with Crippen LogP contribution in [0.2, 0.25) is 0 Å². The number of rotatable bonds is 4. The fraction of sp³-hybridized carbons (Fsp3) is 0.182. The second-order valence-electron chi connectivity index (χ2n) is 3.24. The maximum atomic E-state index is 10.4. The predicted octanol–water partition coefficient (Wildman–Crippen LogP) is 2.22. The number of pyridine rings is 1. The predicted molar refractivity (Wildman–Crippen MR) is 61.3 cm³/mol. The summed E-state index contributed by atoms with van der Waals surface area (Å²) in [4.78, 5) is 19.8. The second-order valence-corrected chi connectivity index (χ2v) is 4.36. The van der Waals surface area contributed by atoms with E-state index < -0.39 is 5.97 Å². The fourth-order valence-corrected chi connectivity index (χ4v) is 2.15. The van der Waals surface area contributed by atoms with Crippen LogP contribution in [0.25, 0.3) is 10.7 Å². The molecular weight excluding hydrogens is 224 g/mol. The van der Waals surface area contributed by atoms with Gasteiger partial charge >= 0.3 is 5.97 Å². The fourth-order valence-electron chi connectivity index (χ4n) is 1.26. The van der Waals surface area contributed by atoms with Crippen LogP contribution in [0, 0.1) is 0 Å². The topological polar surface area (TPSA) is 63.1 Å². The monoisotopic (exact) mass is 234 g/mol. The summed E-state index contributed by atoms with van der Waals surface area (Å²) in [6.07, 6.45) is 4.11. The number of aliphatic carboxylic acids is 1. The Hall–Kier alpha value is -1.75. The van der Waals surface area contributed by atoms with Gasteiger partial charge in [0.1, 0.15) is 5.01 Å². The van der Waals surface area contributed by atoms with Crippen LogP contribution in [0.4, 0.5) is 0 Å². The zero-order valence-corrected chi connectivity index (χ0v) is 9.28. The molecule has 16 heavy (non-hydrogen) atoms. The van der Waals surface area contributed by atoms with Gasteiger partial charge in [0, 0.05) is 17.3 Å². The Labute approximate surface area is 96.6 Å². The minimum absolute atomic E-state index is 0.143. The van der Waals surface area contributed by atoms with Gasteiger partial charge in [-0.05, 0) is 18.6 Å². The lowest BCUT2D eigenvalue weighted by molar-refractivity contribution is -0.136. The Bertz CT molecular complexity index is 482. The molecule has 0 atom stereocenters. The number of carboxylic acids is 1. The standard InChI is InChI=1S/C11H10N2O2S/c14-10(15)5-4-8-7-13-11(16-8)9-3-1-2-6-12-9/h1-3,6-7H,4-5H2,(H,14,15). The number of aromatic nitrogens is 2. The summed E-state index contributed by atoms with van der Waals surface area (Å²) in [5, 5.41) is 9.40. The van der Waals surface area contributed by atoms with Gasteiger partial charge in [0.2, 0.25) is 0 Å². The first-order valence-corrected chi connectivity index (χ1v) is 5.65. The molecule has 0 saturated carbocycles. The van der Waals surface area contributed by atoms with Gasteiger partial charge in [-0.2, -0.15) is 0 Å². The quantitative estimate of drug-likeness (QED) is 0.881. The zero-order chi connectivity index (χ0) is 11.4. The van der Waals surface area contributed by atoms with E-state index in [9.17, 15) is 4.79 Å². The van der Waals surface area contributed by atoms with Gasteiger partial charge in [0.05, 0.1) is 12.1 Å². The molecule has 0 aliphatic heterocycles. The highest BCUT2D eigenvalue weighted by atomic mass is 32.1. The number of nitrogens with zero attached hydrogens (tertiary/aromatic N) is 2. The molecule has 5 heteroatoms. The van der Waals surface area contributed by atoms with Crippen LogP contribution in [0.1, 0.15) is 11.3 Å². The lowest BCUT2D eigenvalue weighted by Crippen LogP contribution is -1.95. The van der Waals surface area contributed by atoms with Gasteiger partial charge in [0.15, 0.2) is 0 Å². The van der Waals surface area contributed by atoms with E-state index in [0.717, 1.165) is 15.6 Å². The van der Waals surface area contributed by atoms with E-state index in [4.69, 9.17) is 5.11 Å². The van der Waals surface area contributed by atoms with Crippen LogP contribution in [-0.2, 0) is 11.2 Å². The molecule has 4 nitrogen and oxygen atoms in total. The molecular formula is C11H10N2O2S. The summed E-state index contributed by atoms with van der Waals surface area (Å²) in [5.41, 5.74) is 0.828. The molecule has 0 aliphatic rings. The van der Waals surface area contributed by atoms with Gasteiger partial charge in [-0.1, -0.05) is 6.07 Å². The lowest BCUT2D eigenvalue weighted by Gasteiger charge is -1.92. The van der Waals surface area contributed by atoms with E-state index in [0.29, 0.717) is 6.42 Å². The third kappa shape index (κ3) is 2.64. The molecule has 2 aromatic rings. The first kappa shape index (κ1) is 10.8. The van der Waals surface area contributed by atoms with E-state index in [2.05, 4.69) is 9.97 Å². The van der Waals surface area contributed by atoms with Gasteiger partial charge in [0.25, 0.3) is 0 Å². The molecule has 2 rings (SSSR count). The summed E-state index contributed by atoms with van der Waals surface area (Å²) in [7, 11) is 0. The highest BCUT2D eigenvalue weighted by molar-refractivity contribution is 7.15. The molecule has 0 amide bonds. The number of thiazole rings is 1. The maximum Gasteiger partial charge on any atom is 0.303 e. The summed E-state index contributed by atoms with van der Waals surface area (Å²) in [5.74, 6) is -0.784. The molecule has 0 unspecified atom stereocenters. The first-order valence-electron chi connectivity index (χ1n) is 4.83. The molecule has 1 N–H and O–H groups in total. The van der Waals surface area contributed by atoms with Crippen molar-refractivity contribution >= 4 is 17.3 Å². The highest BCUT2D eigenvalue weighted by Gasteiger charge is 2.06. The number of hydrogen-bond donors (Lipinski definition) is 1. The third-order valence-electron chi connectivity index (χ3n) is 2.02. The van der Waals surface area contributed by atoms with Crippen molar-refractivity contribution < 1.29 is 9.90 Å². The highest BCUT2D eigenvalue weighted by Crippen LogP contribution is 2.23. The van der Waals surface area contributed by atoms with Crippen molar-refractivity contribution in [2.45, 2.75) is 12.8 Å². The Balaban J connectivity index is 2.11. The van der Waals surface area contributed by atoms with E-state index in [-0.39, 0.29) is 6.42 Å². The zero-order valence-electron chi connectivity index (χ0n) is 8.46. The average Bonchev–Trinajstić information content (AvgIpc) is 2.76. The van der Waals surface area contributed by atoms with E-state index in [1.165, 1.54) is 11.3 Å². The summed E-state index contributed by atoms with van der Waals surface area (Å²) < 4.78 is 0. The Morgan fingerprint density at radius 1 is 1.38 bits per heavy atom. The number of carbonyl (C=O) groups is 1. The van der Waals surface area contributed by atoms with Crippen LogP contribution < -0.4 is 0 Å². The van der Waals surface area contributed by atoms with Crippen molar-refractivity contribution in [3.05, 3.63) is 35.5 Å². The van der Waals surface area contributed by atoms with Crippen LogP contribution in [0.5, 0.6) is 0 Å². The molecule has 2 aromatic heterocycles. The minimum atomic E-state index is -0.784. The van der Waals surface area contributed by atoms with Crippen LogP contribution >= 0.6 is 11.3 Å². The van der Waals surface area contributed by atoms with Gasteiger partial charge in [-0.3, -0.25) is 9.78 Å². The molecule has 2 heterocycles. The maximum absolute atomic E-state index is 10.4. The van der Waals surface area contributed by atoms with Crippen LogP contribution in [0.15, 0.2) is 30.6 Å². The van der Waals surface area contributed by atoms with Gasteiger partial charge < -0.3 is 5.11 Å². The van der Waals surface area contributed by atoms with Crippen molar-refractivity contribution in [3.63, 3.8) is 0 Å². The lowest BCUT2D eigenvalue weighted by atomic mass is 10.3. The summed E-state index contributed by atoms with van der Waals surface area (Å²) in [6, 6.07) is 5.64. The molecule has 0 radical (unpaired) electrons. The molecule has 0 bridgehead atoms. The van der Waals surface area contributed by atoms with E-state index in [1.807, 2.05) is 18.2 Å². The normalized spacial score (nSPS) is 10.2.